The maximum Gasteiger partial charge on any atom is 0.305 e. The number of methoxy groups -OCH3 is 3. The summed E-state index contributed by atoms with van der Waals surface area (Å²) in [7, 11) is 4.58. The van der Waals surface area contributed by atoms with Gasteiger partial charge < -0.3 is 23.5 Å². The molecule has 3 heterocycles. The van der Waals surface area contributed by atoms with E-state index in [2.05, 4.69) is 24.7 Å². The van der Waals surface area contributed by atoms with Crippen LogP contribution in [0.15, 0.2) is 54.7 Å². The molecule has 0 N–H and O–H groups in total. The van der Waals surface area contributed by atoms with Gasteiger partial charge in [-0.15, -0.1) is 10.2 Å². The third kappa shape index (κ3) is 5.09. The van der Waals surface area contributed by atoms with Crippen LogP contribution in [0.1, 0.15) is 47.7 Å². The Morgan fingerprint density at radius 2 is 1.95 bits per heavy atom. The highest BCUT2D eigenvalue weighted by atomic mass is 35.5. The van der Waals surface area contributed by atoms with E-state index < -0.39 is 6.10 Å². The molecule has 2 atom stereocenters. The van der Waals surface area contributed by atoms with Crippen LogP contribution < -0.4 is 9.47 Å². The van der Waals surface area contributed by atoms with E-state index >= 15 is 0 Å². The van der Waals surface area contributed by atoms with Crippen molar-refractivity contribution in [1.82, 2.24) is 24.8 Å². The summed E-state index contributed by atoms with van der Waals surface area (Å²) in [6.45, 7) is 0.458. The third-order valence-corrected chi connectivity index (χ3v) is 6.76. The summed E-state index contributed by atoms with van der Waals surface area (Å²) in [5.74, 6) is 1.39. The van der Waals surface area contributed by atoms with Crippen molar-refractivity contribution in [2.75, 3.05) is 21.3 Å². The van der Waals surface area contributed by atoms with E-state index in [0.717, 1.165) is 22.5 Å². The second kappa shape index (κ2) is 11.2. The molecule has 4 aromatic rings. The summed E-state index contributed by atoms with van der Waals surface area (Å²) >= 11 is 6.47. The lowest BCUT2D eigenvalue weighted by Crippen LogP contribution is -2.15. The number of rotatable bonds is 9. The zero-order chi connectivity index (χ0) is 26.6. The molecule has 0 bridgehead atoms. The average Bonchev–Trinajstić information content (AvgIpc) is 3.59. The lowest BCUT2D eigenvalue weighted by Gasteiger charge is -2.25. The molecule has 10 nitrogen and oxygen atoms in total. The number of para-hydroxylation sites is 1. The maximum atomic E-state index is 11.4. The monoisotopic (exact) mass is 537 g/mol. The lowest BCUT2D eigenvalue weighted by atomic mass is 9.98. The van der Waals surface area contributed by atoms with Crippen molar-refractivity contribution < 1.29 is 23.7 Å². The Labute approximate surface area is 225 Å². The molecule has 5 rings (SSSR count). The lowest BCUT2D eigenvalue weighted by molar-refractivity contribution is -0.140. The van der Waals surface area contributed by atoms with Gasteiger partial charge in [-0.25, -0.2) is 0 Å². The van der Waals surface area contributed by atoms with E-state index in [1.807, 2.05) is 54.7 Å². The molecule has 0 spiro atoms. The summed E-state index contributed by atoms with van der Waals surface area (Å²) in [5, 5.41) is 13.3. The van der Waals surface area contributed by atoms with Crippen LogP contribution >= 0.6 is 11.6 Å². The van der Waals surface area contributed by atoms with Crippen molar-refractivity contribution in [3.8, 4) is 17.2 Å². The predicted octanol–water partition coefficient (Wildman–Crippen LogP) is 4.49. The Morgan fingerprint density at radius 1 is 1.08 bits per heavy atom. The fraction of sp³-hybridized carbons (Fsp3) is 0.333. The normalized spacial score (nSPS) is 16.3. The van der Waals surface area contributed by atoms with Gasteiger partial charge in [-0.05, 0) is 41.6 Å². The number of aryl methyl sites for hydroxylation is 2. The number of halogens is 1. The van der Waals surface area contributed by atoms with Crippen LogP contribution in [0, 0.1) is 0 Å². The number of aromatic nitrogens is 5. The van der Waals surface area contributed by atoms with Crippen LogP contribution in [0.5, 0.6) is 11.5 Å². The van der Waals surface area contributed by atoms with Gasteiger partial charge >= 0.3 is 5.97 Å². The molecule has 38 heavy (non-hydrogen) atoms. The molecule has 0 unspecified atom stereocenters. The average molecular weight is 538 g/mol. The van der Waals surface area contributed by atoms with Crippen molar-refractivity contribution in [1.29, 1.82) is 0 Å². The van der Waals surface area contributed by atoms with Gasteiger partial charge in [0.25, 0.3) is 0 Å². The minimum atomic E-state index is -0.488. The van der Waals surface area contributed by atoms with E-state index in [-0.39, 0.29) is 18.5 Å². The molecule has 11 heteroatoms. The first-order valence-electron chi connectivity index (χ1n) is 12.2. The highest BCUT2D eigenvalue weighted by molar-refractivity contribution is 6.30. The van der Waals surface area contributed by atoms with Gasteiger partial charge in [0.15, 0.2) is 17.3 Å². The van der Waals surface area contributed by atoms with Crippen molar-refractivity contribution in [3.63, 3.8) is 0 Å². The number of benzene rings is 2. The van der Waals surface area contributed by atoms with Crippen LogP contribution in [0.3, 0.4) is 0 Å². The van der Waals surface area contributed by atoms with Gasteiger partial charge in [0, 0.05) is 35.2 Å². The molecular weight excluding hydrogens is 510 g/mol. The summed E-state index contributed by atoms with van der Waals surface area (Å²) in [6.07, 6.45) is 2.35. The van der Waals surface area contributed by atoms with E-state index in [9.17, 15) is 4.79 Å². The molecule has 0 radical (unpaired) electrons. The molecule has 0 aliphatic carbocycles. The molecular formula is C27H28ClN5O5. The smallest absolute Gasteiger partial charge is 0.305 e. The first kappa shape index (κ1) is 25.7. The Balaban J connectivity index is 1.48. The van der Waals surface area contributed by atoms with Crippen molar-refractivity contribution in [2.24, 2.45) is 0 Å². The van der Waals surface area contributed by atoms with Gasteiger partial charge in [-0.3, -0.25) is 4.79 Å². The van der Waals surface area contributed by atoms with Crippen LogP contribution in [0.2, 0.25) is 5.02 Å². The van der Waals surface area contributed by atoms with E-state index in [1.54, 1.807) is 14.2 Å². The Bertz CT molecular complexity index is 1430. The number of carbonyl (C=O) groups is 1. The minimum Gasteiger partial charge on any atom is -0.493 e. The third-order valence-electron chi connectivity index (χ3n) is 6.52. The molecule has 2 aromatic carbocycles. The summed E-state index contributed by atoms with van der Waals surface area (Å²) in [6, 6.07) is 15.6. The molecule has 0 saturated heterocycles. The highest BCUT2D eigenvalue weighted by Gasteiger charge is 2.33. The molecule has 1 aliphatic rings. The van der Waals surface area contributed by atoms with Crippen LogP contribution in [-0.4, -0.2) is 52.1 Å². The largest absolute Gasteiger partial charge is 0.493 e. The highest BCUT2D eigenvalue weighted by Crippen LogP contribution is 2.46. The van der Waals surface area contributed by atoms with Crippen molar-refractivity contribution in [2.45, 2.75) is 38.0 Å². The van der Waals surface area contributed by atoms with Crippen LogP contribution in [0.4, 0.5) is 0 Å². The quantitative estimate of drug-likeness (QED) is 0.288. The van der Waals surface area contributed by atoms with Gasteiger partial charge in [0.1, 0.15) is 12.2 Å². The van der Waals surface area contributed by atoms with Gasteiger partial charge in [0.05, 0.1) is 45.7 Å². The van der Waals surface area contributed by atoms with Crippen LogP contribution in [-0.2, 0) is 27.2 Å². The topological polar surface area (TPSA) is 103 Å². The van der Waals surface area contributed by atoms with E-state index in [4.69, 9.17) is 25.8 Å². The van der Waals surface area contributed by atoms with Gasteiger partial charge in [0.2, 0.25) is 0 Å². The van der Waals surface area contributed by atoms with Crippen molar-refractivity contribution in [3.05, 3.63) is 82.4 Å². The Kier molecular flexibility index (Phi) is 7.62. The van der Waals surface area contributed by atoms with Gasteiger partial charge in [-0.1, -0.05) is 23.7 Å². The first-order chi connectivity index (χ1) is 18.5. The molecule has 1 aliphatic heterocycles. The minimum absolute atomic E-state index is 0.201. The fourth-order valence-electron chi connectivity index (χ4n) is 4.73. The van der Waals surface area contributed by atoms with Gasteiger partial charge in [-0.2, -0.15) is 4.80 Å². The number of hydrogen-bond donors (Lipinski definition) is 0. The molecule has 2 aromatic heterocycles. The molecule has 0 saturated carbocycles. The zero-order valence-electron chi connectivity index (χ0n) is 21.3. The number of esters is 1. The SMILES string of the molecule is COC(=O)CCc1nnn(CC[C@H]2O[C@H](c3cccc(OC)c3OC)c3cc(Cl)ccc3-n3cccc32)n1. The predicted molar refractivity (Wildman–Crippen MR) is 139 cm³/mol. The molecule has 198 valence electrons. The first-order valence-corrected chi connectivity index (χ1v) is 12.6. The number of nitrogens with zero attached hydrogens (tertiary/aromatic N) is 5. The summed E-state index contributed by atoms with van der Waals surface area (Å²) in [5.41, 5.74) is 3.70. The summed E-state index contributed by atoms with van der Waals surface area (Å²) in [4.78, 5) is 13.0. The van der Waals surface area contributed by atoms with E-state index in [1.165, 1.54) is 11.9 Å². The fourth-order valence-corrected chi connectivity index (χ4v) is 4.91. The number of hydrogen-bond acceptors (Lipinski definition) is 8. The zero-order valence-corrected chi connectivity index (χ0v) is 22.1. The number of carbonyl (C=O) groups excluding carboxylic acids is 1. The number of ether oxygens (including phenoxy) is 4. The second-order valence-electron chi connectivity index (χ2n) is 8.76. The Hall–Kier alpha value is -3.89. The van der Waals surface area contributed by atoms with E-state index in [0.29, 0.717) is 41.7 Å². The Morgan fingerprint density at radius 3 is 2.74 bits per heavy atom. The standard InChI is InChI=1S/C27H28ClN5O5/c1-35-23-8-4-6-18(27(23)37-3)26-19-16-17(28)9-10-20(19)32-14-5-7-21(32)22(38-26)13-15-33-30-24(29-31-33)11-12-25(34)36-2/h4-10,14,16,22,26H,11-13,15H2,1-3H3/t22-,26-/m1/s1. The number of tetrazole rings is 1. The second-order valence-corrected chi connectivity index (χ2v) is 9.20. The van der Waals surface area contributed by atoms with Crippen molar-refractivity contribution >= 4 is 17.6 Å². The molecule has 0 fully saturated rings. The molecule has 0 amide bonds. The van der Waals surface area contributed by atoms with Crippen LogP contribution in [0.25, 0.3) is 5.69 Å². The summed E-state index contributed by atoms with van der Waals surface area (Å²) < 4.78 is 25.0. The maximum absolute atomic E-state index is 11.4. The number of fused-ring (bicyclic) bond motifs is 3.